The quantitative estimate of drug-likeness (QED) is 0.455. The Kier molecular flexibility index (Phi) is 9.56. The highest BCUT2D eigenvalue weighted by atomic mass is 16.6. The number of hydrogen-bond donors (Lipinski definition) is 1. The molecule has 1 aliphatic carbocycles. The largest absolute Gasteiger partial charge is 0.444 e. The minimum Gasteiger partial charge on any atom is -0.444 e. The maximum absolute atomic E-state index is 13.6. The summed E-state index contributed by atoms with van der Waals surface area (Å²) in [4.78, 5) is 55.0. The lowest BCUT2D eigenvalue weighted by Gasteiger charge is -2.32. The van der Waals surface area contributed by atoms with Crippen LogP contribution < -0.4 is 5.32 Å². The Labute approximate surface area is 248 Å². The third kappa shape index (κ3) is 7.47. The molecule has 0 bridgehead atoms. The number of anilines is 1. The number of aryl methyl sites for hydroxylation is 2. The normalized spacial score (nSPS) is 14.3. The highest BCUT2D eigenvalue weighted by molar-refractivity contribution is 6.01. The first-order valence-electron chi connectivity index (χ1n) is 14.6. The van der Waals surface area contributed by atoms with Gasteiger partial charge < -0.3 is 19.9 Å². The first-order chi connectivity index (χ1) is 19.9. The van der Waals surface area contributed by atoms with Crippen molar-refractivity contribution in [2.24, 2.45) is 0 Å². The third-order valence-corrected chi connectivity index (χ3v) is 7.76. The number of hydrazine groups is 1. The molecule has 0 unspecified atom stereocenters. The molecule has 2 aliphatic rings. The summed E-state index contributed by atoms with van der Waals surface area (Å²) >= 11 is 0. The van der Waals surface area contributed by atoms with Gasteiger partial charge in [0, 0.05) is 57.4 Å². The average Bonchev–Trinajstić information content (AvgIpc) is 3.52. The van der Waals surface area contributed by atoms with Crippen LogP contribution in [0.1, 0.15) is 66.7 Å². The van der Waals surface area contributed by atoms with Crippen molar-refractivity contribution < 1.29 is 23.9 Å². The first kappa shape index (κ1) is 31.0. The van der Waals surface area contributed by atoms with E-state index in [0.29, 0.717) is 31.6 Å². The second-order valence-electron chi connectivity index (χ2n) is 12.0. The number of rotatable bonds is 10. The summed E-state index contributed by atoms with van der Waals surface area (Å²) in [7, 11) is 1.72. The molecule has 226 valence electrons. The van der Waals surface area contributed by atoms with E-state index in [1.807, 2.05) is 43.1 Å². The molecular weight excluding hydrogens is 534 g/mol. The Morgan fingerprint density at radius 2 is 1.60 bits per heavy atom. The fourth-order valence-electron chi connectivity index (χ4n) is 5.28. The SMILES string of the molecule is CCN(CCN(CC(=O)N(C)N1Cc2ccccc2C1)C(=O)CNc1cc2c(cc1C)CCC2=O)C(=O)OC(C)(C)C. The number of nitrogens with zero attached hydrogens (tertiary/aromatic N) is 4. The van der Waals surface area contributed by atoms with Crippen molar-refractivity contribution >= 4 is 29.4 Å². The first-order valence-corrected chi connectivity index (χ1v) is 14.6. The van der Waals surface area contributed by atoms with E-state index >= 15 is 0 Å². The van der Waals surface area contributed by atoms with Gasteiger partial charge in [-0.15, -0.1) is 0 Å². The standard InChI is InChI=1S/C32H43N5O5/c1-7-35(31(41)42-32(3,4)5)14-15-36(21-30(40)34(6)37-19-24-10-8-9-11-25(24)20-37)29(39)18-33-27-17-26-23(16-22(27)2)12-13-28(26)38/h8-11,16-17,33H,7,12-15,18-21H2,1-6H3. The summed E-state index contributed by atoms with van der Waals surface area (Å²) in [5, 5.41) is 6.72. The van der Waals surface area contributed by atoms with Crippen molar-refractivity contribution in [3.63, 3.8) is 0 Å². The highest BCUT2D eigenvalue weighted by Crippen LogP contribution is 2.28. The number of ketones is 1. The van der Waals surface area contributed by atoms with Gasteiger partial charge in [-0.2, -0.15) is 0 Å². The number of likely N-dealkylation sites (N-methyl/N-ethyl adjacent to an activating group) is 2. The van der Waals surface area contributed by atoms with Crippen LogP contribution in [0.25, 0.3) is 0 Å². The molecule has 0 saturated heterocycles. The Balaban J connectivity index is 1.45. The smallest absolute Gasteiger partial charge is 0.410 e. The number of benzene rings is 2. The van der Waals surface area contributed by atoms with Gasteiger partial charge in [-0.25, -0.2) is 9.80 Å². The zero-order valence-corrected chi connectivity index (χ0v) is 25.7. The number of carbonyl (C=O) groups is 4. The van der Waals surface area contributed by atoms with E-state index in [-0.39, 0.29) is 43.8 Å². The molecule has 1 aliphatic heterocycles. The van der Waals surface area contributed by atoms with Crippen LogP contribution in [0.5, 0.6) is 0 Å². The van der Waals surface area contributed by atoms with Gasteiger partial charge in [0.1, 0.15) is 12.1 Å². The number of amides is 3. The van der Waals surface area contributed by atoms with Crippen LogP contribution in [-0.2, 0) is 33.8 Å². The highest BCUT2D eigenvalue weighted by Gasteiger charge is 2.29. The van der Waals surface area contributed by atoms with Crippen LogP contribution >= 0.6 is 0 Å². The minimum absolute atomic E-state index is 0.0570. The number of fused-ring (bicyclic) bond motifs is 2. The Morgan fingerprint density at radius 3 is 2.21 bits per heavy atom. The zero-order valence-electron chi connectivity index (χ0n) is 25.7. The predicted octanol–water partition coefficient (Wildman–Crippen LogP) is 4.01. The maximum Gasteiger partial charge on any atom is 0.410 e. The number of nitrogens with one attached hydrogen (secondary N) is 1. The van der Waals surface area contributed by atoms with Crippen molar-refractivity contribution in [2.45, 2.75) is 66.2 Å². The van der Waals surface area contributed by atoms with Gasteiger partial charge in [-0.1, -0.05) is 30.3 Å². The fraction of sp³-hybridized carbons (Fsp3) is 0.500. The summed E-state index contributed by atoms with van der Waals surface area (Å²) in [5.74, 6) is -0.399. The lowest BCUT2D eigenvalue weighted by atomic mass is 10.0. The molecule has 0 fully saturated rings. The van der Waals surface area contributed by atoms with Crippen molar-refractivity contribution in [1.82, 2.24) is 19.8 Å². The summed E-state index contributed by atoms with van der Waals surface area (Å²) in [5.41, 5.74) is 5.11. The Hall–Kier alpha value is -3.92. The number of carbonyl (C=O) groups excluding carboxylic acids is 4. The summed E-state index contributed by atoms with van der Waals surface area (Å²) < 4.78 is 5.53. The van der Waals surface area contributed by atoms with Gasteiger partial charge in [0.05, 0.1) is 6.54 Å². The molecule has 4 rings (SSSR count). The van der Waals surface area contributed by atoms with Crippen molar-refractivity contribution in [2.75, 3.05) is 45.1 Å². The molecule has 0 aromatic heterocycles. The van der Waals surface area contributed by atoms with Gasteiger partial charge in [-0.05, 0) is 69.4 Å². The van der Waals surface area contributed by atoms with Gasteiger partial charge in [0.2, 0.25) is 5.91 Å². The molecule has 2 aromatic rings. The van der Waals surface area contributed by atoms with E-state index in [2.05, 4.69) is 17.4 Å². The molecule has 0 saturated carbocycles. The van der Waals surface area contributed by atoms with E-state index in [4.69, 9.17) is 4.74 Å². The monoisotopic (exact) mass is 577 g/mol. The summed E-state index contributed by atoms with van der Waals surface area (Å²) in [6.45, 7) is 11.0. The Morgan fingerprint density at radius 1 is 0.952 bits per heavy atom. The van der Waals surface area contributed by atoms with Crippen LogP contribution in [-0.4, -0.2) is 88.9 Å². The van der Waals surface area contributed by atoms with E-state index in [0.717, 1.165) is 23.2 Å². The van der Waals surface area contributed by atoms with Gasteiger partial charge in [-0.3, -0.25) is 19.4 Å². The molecule has 0 spiro atoms. The molecule has 10 nitrogen and oxygen atoms in total. The van der Waals surface area contributed by atoms with Crippen molar-refractivity contribution in [1.29, 1.82) is 0 Å². The average molecular weight is 578 g/mol. The van der Waals surface area contributed by atoms with Crippen LogP contribution in [0.3, 0.4) is 0 Å². The van der Waals surface area contributed by atoms with Crippen LogP contribution in [0, 0.1) is 6.92 Å². The van der Waals surface area contributed by atoms with Gasteiger partial charge in [0.15, 0.2) is 5.78 Å². The second kappa shape index (κ2) is 12.9. The predicted molar refractivity (Wildman–Crippen MR) is 161 cm³/mol. The lowest BCUT2D eigenvalue weighted by Crippen LogP contribution is -2.50. The molecule has 0 radical (unpaired) electrons. The van der Waals surface area contributed by atoms with Gasteiger partial charge in [0.25, 0.3) is 5.91 Å². The number of hydrogen-bond acceptors (Lipinski definition) is 7. The number of ether oxygens (including phenoxy) is 1. The molecule has 3 amide bonds. The van der Waals surface area contributed by atoms with E-state index in [9.17, 15) is 19.2 Å². The minimum atomic E-state index is -0.648. The second-order valence-corrected chi connectivity index (χ2v) is 12.0. The maximum atomic E-state index is 13.6. The van der Waals surface area contributed by atoms with E-state index in [1.54, 1.807) is 32.8 Å². The van der Waals surface area contributed by atoms with Crippen LogP contribution in [0.4, 0.5) is 10.5 Å². The third-order valence-electron chi connectivity index (χ3n) is 7.76. The van der Waals surface area contributed by atoms with E-state index in [1.165, 1.54) is 20.9 Å². The van der Waals surface area contributed by atoms with Crippen molar-refractivity contribution in [3.8, 4) is 0 Å². The van der Waals surface area contributed by atoms with Gasteiger partial charge >= 0.3 is 6.09 Å². The molecule has 1 N–H and O–H groups in total. The summed E-state index contributed by atoms with van der Waals surface area (Å²) in [6.07, 6.45) is 0.784. The molecule has 42 heavy (non-hydrogen) atoms. The number of Topliss-reactive ketones (excluding diaryl/α,β-unsaturated/α-hetero) is 1. The molecule has 1 heterocycles. The molecule has 2 aromatic carbocycles. The molecular formula is C32H43N5O5. The van der Waals surface area contributed by atoms with Crippen molar-refractivity contribution in [3.05, 3.63) is 64.2 Å². The Bertz CT molecular complexity index is 1330. The molecule has 10 heteroatoms. The molecule has 0 atom stereocenters. The fourth-order valence-corrected chi connectivity index (χ4v) is 5.28. The zero-order chi connectivity index (χ0) is 30.6. The van der Waals surface area contributed by atoms with E-state index < -0.39 is 11.7 Å². The topological polar surface area (TPSA) is 103 Å². The summed E-state index contributed by atoms with van der Waals surface area (Å²) in [6, 6.07) is 11.9. The van der Waals surface area contributed by atoms with Crippen LogP contribution in [0.15, 0.2) is 36.4 Å². The lowest BCUT2D eigenvalue weighted by molar-refractivity contribution is -0.151. The van der Waals surface area contributed by atoms with Crippen LogP contribution in [0.2, 0.25) is 0 Å².